The van der Waals surface area contributed by atoms with Gasteiger partial charge in [-0.2, -0.15) is 0 Å². The molecular weight excluding hydrogens is 234 g/mol. The zero-order valence-corrected chi connectivity index (χ0v) is 11.2. The fourth-order valence-electron chi connectivity index (χ4n) is 1.82. The second-order valence-corrected chi connectivity index (χ2v) is 5.42. The maximum Gasteiger partial charge on any atom is 0.230 e. The molecule has 17 heavy (non-hydrogen) atoms. The highest BCUT2D eigenvalue weighted by Gasteiger charge is 2.28. The number of thioether (sulfide) groups is 1. The number of imidazole rings is 1. The van der Waals surface area contributed by atoms with Gasteiger partial charge in [0.15, 0.2) is 5.16 Å². The normalized spacial score (nSPS) is 16.8. The molecule has 1 saturated carbocycles. The Morgan fingerprint density at radius 2 is 2.47 bits per heavy atom. The zero-order valence-electron chi connectivity index (χ0n) is 10.3. The minimum Gasteiger partial charge on any atom is -0.353 e. The van der Waals surface area contributed by atoms with Gasteiger partial charge in [-0.15, -0.1) is 0 Å². The van der Waals surface area contributed by atoms with Crippen LogP contribution in [0.3, 0.4) is 0 Å². The molecule has 0 saturated heterocycles. The molecule has 1 aliphatic rings. The van der Waals surface area contributed by atoms with Gasteiger partial charge in [-0.1, -0.05) is 11.8 Å². The lowest BCUT2D eigenvalue weighted by molar-refractivity contribution is -0.119. The second-order valence-electron chi connectivity index (χ2n) is 4.48. The monoisotopic (exact) mass is 253 g/mol. The summed E-state index contributed by atoms with van der Waals surface area (Å²) in [6, 6.07) is 0.328. The molecule has 0 spiro atoms. The van der Waals surface area contributed by atoms with E-state index in [1.807, 2.05) is 10.8 Å². The Morgan fingerprint density at radius 1 is 1.71 bits per heavy atom. The van der Waals surface area contributed by atoms with Crippen molar-refractivity contribution in [2.75, 3.05) is 5.75 Å². The van der Waals surface area contributed by atoms with Gasteiger partial charge in [0.2, 0.25) is 5.91 Å². The van der Waals surface area contributed by atoms with Crippen LogP contribution in [0, 0.1) is 5.92 Å². The van der Waals surface area contributed by atoms with E-state index >= 15 is 0 Å². The van der Waals surface area contributed by atoms with Gasteiger partial charge < -0.3 is 9.88 Å². The summed E-state index contributed by atoms with van der Waals surface area (Å²) in [4.78, 5) is 15.9. The summed E-state index contributed by atoms with van der Waals surface area (Å²) < 4.78 is 2.04. The molecule has 5 heteroatoms. The number of nitrogens with zero attached hydrogens (tertiary/aromatic N) is 2. The van der Waals surface area contributed by atoms with Crippen molar-refractivity contribution < 1.29 is 4.79 Å². The van der Waals surface area contributed by atoms with Crippen LogP contribution in [-0.2, 0) is 11.3 Å². The van der Waals surface area contributed by atoms with Crippen LogP contribution in [0.4, 0.5) is 0 Å². The van der Waals surface area contributed by atoms with E-state index in [2.05, 4.69) is 24.1 Å². The number of hydrogen-bond acceptors (Lipinski definition) is 3. The smallest absolute Gasteiger partial charge is 0.230 e. The highest BCUT2D eigenvalue weighted by atomic mass is 32.2. The van der Waals surface area contributed by atoms with Gasteiger partial charge in [-0.05, 0) is 32.6 Å². The van der Waals surface area contributed by atoms with Gasteiger partial charge >= 0.3 is 0 Å². The van der Waals surface area contributed by atoms with Crippen molar-refractivity contribution in [3.05, 3.63) is 12.4 Å². The zero-order chi connectivity index (χ0) is 12.3. The minimum atomic E-state index is 0.111. The molecule has 1 N–H and O–H groups in total. The fraction of sp³-hybridized carbons (Fsp3) is 0.667. The Kier molecular flexibility index (Phi) is 4.10. The second kappa shape index (κ2) is 5.58. The van der Waals surface area contributed by atoms with E-state index in [0.29, 0.717) is 17.7 Å². The van der Waals surface area contributed by atoms with Crippen molar-refractivity contribution in [3.8, 4) is 0 Å². The number of amides is 1. The van der Waals surface area contributed by atoms with Crippen LogP contribution in [0.15, 0.2) is 17.6 Å². The number of rotatable bonds is 6. The van der Waals surface area contributed by atoms with E-state index in [-0.39, 0.29) is 5.91 Å². The van der Waals surface area contributed by atoms with Gasteiger partial charge in [0.05, 0.1) is 5.75 Å². The predicted molar refractivity (Wildman–Crippen MR) is 69.0 cm³/mol. The fourth-order valence-corrected chi connectivity index (χ4v) is 2.65. The molecule has 2 rings (SSSR count). The maximum absolute atomic E-state index is 11.7. The third-order valence-corrected chi connectivity index (χ3v) is 4.07. The van der Waals surface area contributed by atoms with E-state index in [9.17, 15) is 4.79 Å². The summed E-state index contributed by atoms with van der Waals surface area (Å²) in [7, 11) is 0. The number of carbonyl (C=O) groups is 1. The molecule has 1 unspecified atom stereocenters. The summed E-state index contributed by atoms with van der Waals surface area (Å²) in [5, 5.41) is 3.96. The highest BCUT2D eigenvalue weighted by Crippen LogP contribution is 2.32. The highest BCUT2D eigenvalue weighted by molar-refractivity contribution is 7.99. The Morgan fingerprint density at radius 3 is 3.12 bits per heavy atom. The lowest BCUT2D eigenvalue weighted by atomic mass is 10.2. The molecule has 1 atom stereocenters. The van der Waals surface area contributed by atoms with Crippen molar-refractivity contribution in [1.29, 1.82) is 0 Å². The molecule has 1 aliphatic carbocycles. The first-order valence-corrected chi connectivity index (χ1v) is 7.12. The molecule has 0 aromatic carbocycles. The van der Waals surface area contributed by atoms with Crippen LogP contribution in [0.25, 0.3) is 0 Å². The van der Waals surface area contributed by atoms with E-state index in [1.165, 1.54) is 24.6 Å². The van der Waals surface area contributed by atoms with Gasteiger partial charge in [-0.25, -0.2) is 4.98 Å². The molecule has 1 amide bonds. The van der Waals surface area contributed by atoms with Crippen LogP contribution < -0.4 is 5.32 Å². The topological polar surface area (TPSA) is 46.9 Å². The van der Waals surface area contributed by atoms with Crippen molar-refractivity contribution in [2.24, 2.45) is 5.92 Å². The molecule has 0 bridgehead atoms. The molecule has 1 aromatic rings. The van der Waals surface area contributed by atoms with E-state index in [1.54, 1.807) is 6.20 Å². The number of hydrogen-bond donors (Lipinski definition) is 1. The molecule has 94 valence electrons. The summed E-state index contributed by atoms with van der Waals surface area (Å²) in [6.45, 7) is 5.05. The maximum atomic E-state index is 11.7. The van der Waals surface area contributed by atoms with Gasteiger partial charge in [0.1, 0.15) is 0 Å². The molecule has 4 nitrogen and oxygen atoms in total. The van der Waals surface area contributed by atoms with Crippen LogP contribution >= 0.6 is 11.8 Å². The van der Waals surface area contributed by atoms with Crippen LogP contribution in [0.1, 0.15) is 26.7 Å². The summed E-state index contributed by atoms with van der Waals surface area (Å²) >= 11 is 1.50. The first kappa shape index (κ1) is 12.5. The Hall–Kier alpha value is -0.970. The summed E-state index contributed by atoms with van der Waals surface area (Å²) in [5.41, 5.74) is 0. The summed E-state index contributed by atoms with van der Waals surface area (Å²) in [5.74, 6) is 1.27. The van der Waals surface area contributed by atoms with Crippen LogP contribution in [-0.4, -0.2) is 27.3 Å². The third-order valence-electron chi connectivity index (χ3n) is 3.07. The number of aromatic nitrogens is 2. The van der Waals surface area contributed by atoms with Gasteiger partial charge in [-0.3, -0.25) is 4.79 Å². The molecule has 0 aliphatic heterocycles. The standard InChI is InChI=1S/C12H19N3OS/c1-3-15-7-6-13-12(15)17-8-11(16)14-9(2)10-4-5-10/h6-7,9-10H,3-5,8H2,1-2H3,(H,14,16). The van der Waals surface area contributed by atoms with Crippen LogP contribution in [0.2, 0.25) is 0 Å². The average molecular weight is 253 g/mol. The molecule has 1 fully saturated rings. The van der Waals surface area contributed by atoms with Gasteiger partial charge in [0.25, 0.3) is 0 Å². The van der Waals surface area contributed by atoms with E-state index in [0.717, 1.165) is 11.7 Å². The van der Waals surface area contributed by atoms with Crippen molar-refractivity contribution in [2.45, 2.75) is 44.4 Å². The van der Waals surface area contributed by atoms with E-state index < -0.39 is 0 Å². The van der Waals surface area contributed by atoms with Crippen LogP contribution in [0.5, 0.6) is 0 Å². The molecular formula is C12H19N3OS. The number of carbonyl (C=O) groups excluding carboxylic acids is 1. The SMILES string of the molecule is CCn1ccnc1SCC(=O)NC(C)C1CC1. The lowest BCUT2D eigenvalue weighted by Gasteiger charge is -2.12. The Bertz CT molecular complexity index is 387. The first-order valence-electron chi connectivity index (χ1n) is 6.14. The lowest BCUT2D eigenvalue weighted by Crippen LogP contribution is -2.35. The predicted octanol–water partition coefficient (Wildman–Crippen LogP) is 1.91. The quantitative estimate of drug-likeness (QED) is 0.788. The molecule has 1 aromatic heterocycles. The van der Waals surface area contributed by atoms with Crippen molar-refractivity contribution in [1.82, 2.24) is 14.9 Å². The average Bonchev–Trinajstić information content (AvgIpc) is 3.06. The Balaban J connectivity index is 1.75. The molecule has 0 radical (unpaired) electrons. The summed E-state index contributed by atoms with van der Waals surface area (Å²) in [6.07, 6.45) is 6.23. The van der Waals surface area contributed by atoms with E-state index in [4.69, 9.17) is 0 Å². The Labute approximate surface area is 106 Å². The first-order chi connectivity index (χ1) is 8.20. The number of nitrogens with one attached hydrogen (secondary N) is 1. The largest absolute Gasteiger partial charge is 0.353 e. The third kappa shape index (κ3) is 3.49. The van der Waals surface area contributed by atoms with Crippen molar-refractivity contribution >= 4 is 17.7 Å². The van der Waals surface area contributed by atoms with Gasteiger partial charge in [0, 0.05) is 25.0 Å². The van der Waals surface area contributed by atoms with Crippen molar-refractivity contribution in [3.63, 3.8) is 0 Å². The number of aryl methyl sites for hydroxylation is 1. The molecule has 1 heterocycles. The minimum absolute atomic E-state index is 0.111.